The molecule has 0 radical (unpaired) electrons. The lowest BCUT2D eigenvalue weighted by atomic mass is 10.2. The third-order valence-corrected chi connectivity index (χ3v) is 3.95. The molecule has 0 saturated carbocycles. The van der Waals surface area contributed by atoms with Crippen molar-refractivity contribution in [2.45, 2.75) is 6.92 Å². The van der Waals surface area contributed by atoms with Crippen molar-refractivity contribution in [3.05, 3.63) is 23.2 Å². The molecule has 1 saturated heterocycles. The molecule has 0 aromatic heterocycles. The first kappa shape index (κ1) is 16.1. The lowest BCUT2D eigenvalue weighted by Gasteiger charge is -2.33. The summed E-state index contributed by atoms with van der Waals surface area (Å²) >= 11 is 5.96. The summed E-state index contributed by atoms with van der Waals surface area (Å²) in [6, 6.07) is 5.19. The van der Waals surface area contributed by atoms with Crippen molar-refractivity contribution in [3.63, 3.8) is 0 Å². The number of carbonyl (C=O) groups excluding carboxylic acids is 1. The monoisotopic (exact) mass is 311 g/mol. The number of anilines is 1. The van der Waals surface area contributed by atoms with Crippen molar-refractivity contribution < 1.29 is 9.53 Å². The average molecular weight is 312 g/mol. The standard InChI is InChI=1S/C15H22ClN3O2/c1-3-18-6-8-19(9-7-18)11-15(20)17-13-10-12(16)4-5-14(13)21-2/h4-5,10H,3,6-9,11H2,1-2H3,(H,17,20). The maximum Gasteiger partial charge on any atom is 0.238 e. The van der Waals surface area contributed by atoms with Crippen LogP contribution in [0.3, 0.4) is 0 Å². The van der Waals surface area contributed by atoms with Crippen LogP contribution in [0.4, 0.5) is 5.69 Å². The Balaban J connectivity index is 1.89. The Bertz CT molecular complexity index is 488. The second kappa shape index (κ2) is 7.64. The Morgan fingerprint density at radius 3 is 2.57 bits per heavy atom. The number of ether oxygens (including phenoxy) is 1. The Morgan fingerprint density at radius 2 is 1.95 bits per heavy atom. The minimum absolute atomic E-state index is 0.0412. The molecule has 116 valence electrons. The van der Waals surface area contributed by atoms with Gasteiger partial charge in [0.25, 0.3) is 0 Å². The van der Waals surface area contributed by atoms with Crippen LogP contribution in [0.2, 0.25) is 5.02 Å². The van der Waals surface area contributed by atoms with E-state index in [1.54, 1.807) is 25.3 Å². The number of benzene rings is 1. The van der Waals surface area contributed by atoms with E-state index in [2.05, 4.69) is 22.0 Å². The maximum absolute atomic E-state index is 12.1. The predicted molar refractivity (Wildman–Crippen MR) is 85.2 cm³/mol. The van der Waals surface area contributed by atoms with Crippen LogP contribution in [-0.2, 0) is 4.79 Å². The summed E-state index contributed by atoms with van der Waals surface area (Å²) in [6.45, 7) is 7.51. The molecule has 1 N–H and O–H groups in total. The molecule has 1 aliphatic heterocycles. The molecular weight excluding hydrogens is 290 g/mol. The van der Waals surface area contributed by atoms with Gasteiger partial charge >= 0.3 is 0 Å². The van der Waals surface area contributed by atoms with Crippen molar-refractivity contribution >= 4 is 23.2 Å². The van der Waals surface area contributed by atoms with Crippen molar-refractivity contribution in [2.24, 2.45) is 0 Å². The van der Waals surface area contributed by atoms with E-state index in [1.165, 1.54) is 0 Å². The van der Waals surface area contributed by atoms with Gasteiger partial charge in [-0.25, -0.2) is 0 Å². The van der Waals surface area contributed by atoms with E-state index in [4.69, 9.17) is 16.3 Å². The highest BCUT2D eigenvalue weighted by atomic mass is 35.5. The maximum atomic E-state index is 12.1. The van der Waals surface area contributed by atoms with Crippen LogP contribution in [-0.4, -0.2) is 62.1 Å². The van der Waals surface area contributed by atoms with Crippen LogP contribution in [0.25, 0.3) is 0 Å². The zero-order chi connectivity index (χ0) is 15.2. The number of carbonyl (C=O) groups is 1. The van der Waals surface area contributed by atoms with Crippen LogP contribution in [0.5, 0.6) is 5.75 Å². The molecule has 1 amide bonds. The molecule has 1 aromatic rings. The molecule has 1 fully saturated rings. The van der Waals surface area contributed by atoms with E-state index in [0.717, 1.165) is 32.7 Å². The summed E-state index contributed by atoms with van der Waals surface area (Å²) < 4.78 is 5.23. The molecule has 5 nitrogen and oxygen atoms in total. The summed E-state index contributed by atoms with van der Waals surface area (Å²) in [6.07, 6.45) is 0. The number of amides is 1. The highest BCUT2D eigenvalue weighted by Gasteiger charge is 2.18. The molecule has 0 aliphatic carbocycles. The van der Waals surface area contributed by atoms with Crippen LogP contribution in [0.15, 0.2) is 18.2 Å². The first-order valence-corrected chi connectivity index (χ1v) is 7.58. The zero-order valence-corrected chi connectivity index (χ0v) is 13.3. The lowest BCUT2D eigenvalue weighted by Crippen LogP contribution is -2.48. The smallest absolute Gasteiger partial charge is 0.238 e. The number of nitrogens with zero attached hydrogens (tertiary/aromatic N) is 2. The summed E-state index contributed by atoms with van der Waals surface area (Å²) in [5.41, 5.74) is 0.613. The largest absolute Gasteiger partial charge is 0.495 e. The summed E-state index contributed by atoms with van der Waals surface area (Å²) in [7, 11) is 1.57. The fraction of sp³-hybridized carbons (Fsp3) is 0.533. The van der Waals surface area contributed by atoms with Gasteiger partial charge in [-0.05, 0) is 24.7 Å². The number of nitrogens with one attached hydrogen (secondary N) is 1. The van der Waals surface area contributed by atoms with E-state index in [9.17, 15) is 4.79 Å². The minimum Gasteiger partial charge on any atom is -0.495 e. The van der Waals surface area contributed by atoms with Gasteiger partial charge in [-0.1, -0.05) is 18.5 Å². The Labute approximate surface area is 130 Å². The van der Waals surface area contributed by atoms with Crippen molar-refractivity contribution in [1.82, 2.24) is 9.80 Å². The van der Waals surface area contributed by atoms with Gasteiger partial charge in [0.1, 0.15) is 5.75 Å². The zero-order valence-electron chi connectivity index (χ0n) is 12.6. The van der Waals surface area contributed by atoms with E-state index in [0.29, 0.717) is 23.0 Å². The average Bonchev–Trinajstić information content (AvgIpc) is 2.48. The summed E-state index contributed by atoms with van der Waals surface area (Å²) in [5.74, 6) is 0.573. The number of likely N-dealkylation sites (N-methyl/N-ethyl adjacent to an activating group) is 1. The normalized spacial score (nSPS) is 16.7. The van der Waals surface area contributed by atoms with Crippen molar-refractivity contribution in [2.75, 3.05) is 51.7 Å². The second-order valence-corrected chi connectivity index (χ2v) is 5.54. The molecule has 1 aromatic carbocycles. The number of halogens is 1. The summed E-state index contributed by atoms with van der Waals surface area (Å²) in [4.78, 5) is 16.7. The Kier molecular flexibility index (Phi) is 5.85. The van der Waals surface area contributed by atoms with Gasteiger partial charge in [-0.2, -0.15) is 0 Å². The van der Waals surface area contributed by atoms with Gasteiger partial charge in [0, 0.05) is 31.2 Å². The van der Waals surface area contributed by atoms with E-state index in [-0.39, 0.29) is 5.91 Å². The van der Waals surface area contributed by atoms with Gasteiger partial charge in [0.15, 0.2) is 0 Å². The molecular formula is C15H22ClN3O2. The Hall–Kier alpha value is -1.30. The molecule has 6 heteroatoms. The molecule has 0 bridgehead atoms. The predicted octanol–water partition coefficient (Wildman–Crippen LogP) is 1.92. The van der Waals surface area contributed by atoms with E-state index in [1.807, 2.05) is 0 Å². The first-order valence-electron chi connectivity index (χ1n) is 7.20. The number of piperazine rings is 1. The van der Waals surface area contributed by atoms with E-state index < -0.39 is 0 Å². The van der Waals surface area contributed by atoms with Gasteiger partial charge in [-0.15, -0.1) is 0 Å². The quantitative estimate of drug-likeness (QED) is 0.902. The number of rotatable bonds is 5. The number of methoxy groups -OCH3 is 1. The molecule has 2 rings (SSSR count). The van der Waals surface area contributed by atoms with Crippen LogP contribution < -0.4 is 10.1 Å². The lowest BCUT2D eigenvalue weighted by molar-refractivity contribution is -0.117. The molecule has 21 heavy (non-hydrogen) atoms. The third kappa shape index (κ3) is 4.59. The molecule has 0 atom stereocenters. The minimum atomic E-state index is -0.0412. The highest BCUT2D eigenvalue weighted by Crippen LogP contribution is 2.27. The fourth-order valence-electron chi connectivity index (χ4n) is 2.43. The van der Waals surface area contributed by atoms with Crippen LogP contribution in [0.1, 0.15) is 6.92 Å². The summed E-state index contributed by atoms with van der Waals surface area (Å²) in [5, 5.41) is 3.44. The highest BCUT2D eigenvalue weighted by molar-refractivity contribution is 6.31. The first-order chi connectivity index (χ1) is 10.1. The van der Waals surface area contributed by atoms with Crippen LogP contribution >= 0.6 is 11.6 Å². The molecule has 0 spiro atoms. The second-order valence-electron chi connectivity index (χ2n) is 5.10. The van der Waals surface area contributed by atoms with Gasteiger partial charge in [0.2, 0.25) is 5.91 Å². The molecule has 1 heterocycles. The Morgan fingerprint density at radius 1 is 1.29 bits per heavy atom. The third-order valence-electron chi connectivity index (χ3n) is 3.71. The molecule has 0 unspecified atom stereocenters. The van der Waals surface area contributed by atoms with Crippen molar-refractivity contribution in [3.8, 4) is 5.75 Å². The van der Waals surface area contributed by atoms with Gasteiger partial charge < -0.3 is 15.0 Å². The topological polar surface area (TPSA) is 44.8 Å². The number of hydrogen-bond donors (Lipinski definition) is 1. The molecule has 1 aliphatic rings. The van der Waals surface area contributed by atoms with Gasteiger partial charge in [0.05, 0.1) is 19.3 Å². The van der Waals surface area contributed by atoms with Crippen molar-refractivity contribution in [1.29, 1.82) is 0 Å². The van der Waals surface area contributed by atoms with Crippen LogP contribution in [0, 0.1) is 0 Å². The van der Waals surface area contributed by atoms with E-state index >= 15 is 0 Å². The SMILES string of the molecule is CCN1CCN(CC(=O)Nc2cc(Cl)ccc2OC)CC1. The van der Waals surface area contributed by atoms with Gasteiger partial charge in [-0.3, -0.25) is 9.69 Å². The fourth-order valence-corrected chi connectivity index (χ4v) is 2.61. The number of hydrogen-bond acceptors (Lipinski definition) is 4.